The Hall–Kier alpha value is -1.81. The van der Waals surface area contributed by atoms with E-state index in [9.17, 15) is 4.79 Å². The highest BCUT2D eigenvalue weighted by Gasteiger charge is 2.56. The van der Waals surface area contributed by atoms with E-state index >= 15 is 0 Å². The minimum atomic E-state index is -0.601. The van der Waals surface area contributed by atoms with Gasteiger partial charge < -0.3 is 9.72 Å². The Labute approximate surface area is 162 Å². The van der Waals surface area contributed by atoms with Gasteiger partial charge in [-0.3, -0.25) is 9.69 Å². The number of carbonyl (C=O) groups excluding carboxylic acids is 1. The van der Waals surface area contributed by atoms with Gasteiger partial charge >= 0.3 is 5.97 Å². The number of hydrogen-bond donors (Lipinski definition) is 1. The number of carbonyl (C=O) groups is 1. The van der Waals surface area contributed by atoms with Crippen LogP contribution in [0.1, 0.15) is 51.3 Å². The second-order valence-corrected chi connectivity index (χ2v) is 8.73. The number of hydrogen-bond acceptors (Lipinski definition) is 3. The highest BCUT2D eigenvalue weighted by atomic mass is 16.5. The predicted molar refractivity (Wildman–Crippen MR) is 109 cm³/mol. The van der Waals surface area contributed by atoms with Gasteiger partial charge in [-0.15, -0.1) is 0 Å². The number of piperidine rings is 1. The zero-order valence-corrected chi connectivity index (χ0v) is 17.0. The number of nitrogens with zero attached hydrogens (tertiary/aromatic N) is 1. The van der Waals surface area contributed by atoms with Crippen molar-refractivity contribution in [1.29, 1.82) is 0 Å². The summed E-state index contributed by atoms with van der Waals surface area (Å²) in [7, 11) is 1.54. The van der Waals surface area contributed by atoms with E-state index in [-0.39, 0.29) is 12.0 Å². The second-order valence-electron chi connectivity index (χ2n) is 8.73. The van der Waals surface area contributed by atoms with E-state index in [0.29, 0.717) is 11.8 Å². The van der Waals surface area contributed by atoms with E-state index in [2.05, 4.69) is 54.9 Å². The summed E-state index contributed by atoms with van der Waals surface area (Å²) >= 11 is 0. The molecule has 4 unspecified atom stereocenters. The van der Waals surface area contributed by atoms with Gasteiger partial charge in [0.1, 0.15) is 5.41 Å². The fraction of sp³-hybridized carbons (Fsp3) is 0.609. The summed E-state index contributed by atoms with van der Waals surface area (Å²) in [5, 5.41) is 1.26. The van der Waals surface area contributed by atoms with Crippen LogP contribution in [-0.4, -0.2) is 42.1 Å². The molecule has 5 atom stereocenters. The fourth-order valence-electron chi connectivity index (χ4n) is 5.62. The van der Waals surface area contributed by atoms with Crippen LogP contribution in [0.25, 0.3) is 10.9 Å². The molecule has 1 N–H and O–H groups in total. The van der Waals surface area contributed by atoms with Crippen molar-refractivity contribution in [3.8, 4) is 0 Å². The van der Waals surface area contributed by atoms with Gasteiger partial charge in [-0.1, -0.05) is 38.5 Å². The van der Waals surface area contributed by atoms with Crippen LogP contribution < -0.4 is 0 Å². The molecule has 27 heavy (non-hydrogen) atoms. The lowest BCUT2D eigenvalue weighted by Gasteiger charge is -2.48. The number of ether oxygens (including phenoxy) is 1. The van der Waals surface area contributed by atoms with E-state index in [1.54, 1.807) is 7.11 Å². The molecule has 0 radical (unpaired) electrons. The number of methoxy groups -OCH3 is 1. The minimum absolute atomic E-state index is 0.0800. The van der Waals surface area contributed by atoms with E-state index in [0.717, 1.165) is 37.1 Å². The highest BCUT2D eigenvalue weighted by molar-refractivity contribution is 5.91. The first-order valence-electron chi connectivity index (χ1n) is 10.4. The molecule has 2 aliphatic heterocycles. The quantitative estimate of drug-likeness (QED) is 0.819. The first kappa shape index (κ1) is 18.5. The van der Waals surface area contributed by atoms with Gasteiger partial charge in [0.15, 0.2) is 0 Å². The maximum atomic E-state index is 13.3. The first-order valence-corrected chi connectivity index (χ1v) is 10.4. The lowest BCUT2D eigenvalue weighted by Crippen LogP contribution is -2.59. The molecule has 4 heteroatoms. The zero-order valence-electron chi connectivity index (χ0n) is 17.0. The lowest BCUT2D eigenvalue weighted by atomic mass is 9.66. The average Bonchev–Trinajstić information content (AvgIpc) is 3.03. The monoisotopic (exact) mass is 368 g/mol. The summed E-state index contributed by atoms with van der Waals surface area (Å²) in [5.74, 6) is 1.12. The summed E-state index contributed by atoms with van der Waals surface area (Å²) < 4.78 is 5.44. The van der Waals surface area contributed by atoms with Gasteiger partial charge in [0.2, 0.25) is 0 Å². The van der Waals surface area contributed by atoms with Crippen LogP contribution in [0.3, 0.4) is 0 Å². The van der Waals surface area contributed by atoms with Crippen molar-refractivity contribution >= 4 is 16.9 Å². The van der Waals surface area contributed by atoms with Gasteiger partial charge in [-0.25, -0.2) is 0 Å². The predicted octanol–water partition coefficient (Wildman–Crippen LogP) is 4.28. The number of esters is 1. The van der Waals surface area contributed by atoms with Gasteiger partial charge in [0.25, 0.3) is 0 Å². The molecule has 0 amide bonds. The number of rotatable bonds is 4. The Bertz CT molecular complexity index is 842. The van der Waals surface area contributed by atoms with Crippen LogP contribution in [0.5, 0.6) is 0 Å². The Balaban J connectivity index is 1.88. The van der Waals surface area contributed by atoms with Gasteiger partial charge in [0.05, 0.1) is 7.11 Å². The SMILES string of the molecule is CCC(C)C[C@@H]1CN2CCc3c([nH]c4ccccc34)C(C(=O)OC)(C1)C2C. The molecule has 2 bridgehead atoms. The molecule has 4 rings (SSSR count). The molecule has 2 aliphatic rings. The smallest absolute Gasteiger partial charge is 0.319 e. The normalized spacial score (nSPS) is 31.2. The standard InChI is InChI=1S/C23H32N2O2/c1-5-15(2)12-17-13-23(22(26)27-4)16(3)25(14-17)11-10-19-18-8-6-7-9-20(18)24-21(19)23/h6-9,15-17,24H,5,10-14H2,1-4H3/t15?,16?,17-,23?/m0/s1. The third-order valence-corrected chi connectivity index (χ3v) is 7.26. The average molecular weight is 369 g/mol. The molecule has 1 aromatic heterocycles. The van der Waals surface area contributed by atoms with Crippen molar-refractivity contribution in [2.45, 2.75) is 57.9 Å². The van der Waals surface area contributed by atoms with Crippen molar-refractivity contribution in [3.63, 3.8) is 0 Å². The minimum Gasteiger partial charge on any atom is -0.468 e. The fourth-order valence-corrected chi connectivity index (χ4v) is 5.62. The van der Waals surface area contributed by atoms with E-state index in [1.165, 1.54) is 23.8 Å². The highest BCUT2D eigenvalue weighted by Crippen LogP contribution is 2.48. The summed E-state index contributed by atoms with van der Waals surface area (Å²) in [6.45, 7) is 8.90. The number of aromatic nitrogens is 1. The molecule has 1 aromatic carbocycles. The third kappa shape index (κ3) is 2.80. The molecule has 2 aromatic rings. The van der Waals surface area contributed by atoms with Crippen molar-refractivity contribution in [1.82, 2.24) is 9.88 Å². The molecule has 1 fully saturated rings. The molecule has 0 spiro atoms. The molecule has 0 aliphatic carbocycles. The number of benzene rings is 1. The van der Waals surface area contributed by atoms with Crippen molar-refractivity contribution in [2.24, 2.45) is 11.8 Å². The Morgan fingerprint density at radius 1 is 1.41 bits per heavy atom. The number of H-pyrrole nitrogens is 1. The maximum absolute atomic E-state index is 13.3. The van der Waals surface area contributed by atoms with Crippen LogP contribution in [0, 0.1) is 11.8 Å². The van der Waals surface area contributed by atoms with Crippen molar-refractivity contribution < 1.29 is 9.53 Å². The van der Waals surface area contributed by atoms with Crippen LogP contribution in [-0.2, 0) is 21.4 Å². The molecular weight excluding hydrogens is 336 g/mol. The number of para-hydroxylation sites is 1. The number of aromatic amines is 1. The summed E-state index contributed by atoms with van der Waals surface area (Å²) in [6.07, 6.45) is 4.23. The van der Waals surface area contributed by atoms with Crippen LogP contribution in [0.4, 0.5) is 0 Å². The number of nitrogens with one attached hydrogen (secondary N) is 1. The molecular formula is C23H32N2O2. The number of fused-ring (bicyclic) bond motifs is 6. The van der Waals surface area contributed by atoms with Gasteiger partial charge in [0, 0.05) is 35.7 Å². The van der Waals surface area contributed by atoms with Gasteiger partial charge in [-0.2, -0.15) is 0 Å². The largest absolute Gasteiger partial charge is 0.468 e. The molecule has 0 saturated carbocycles. The molecule has 3 heterocycles. The van der Waals surface area contributed by atoms with Crippen LogP contribution >= 0.6 is 0 Å². The Kier molecular flexibility index (Phi) is 4.79. The topological polar surface area (TPSA) is 45.3 Å². The summed E-state index contributed by atoms with van der Waals surface area (Å²) in [6, 6.07) is 8.60. The second kappa shape index (κ2) is 6.97. The van der Waals surface area contributed by atoms with Crippen LogP contribution in [0.15, 0.2) is 24.3 Å². The Morgan fingerprint density at radius 3 is 2.93 bits per heavy atom. The van der Waals surface area contributed by atoms with Gasteiger partial charge in [-0.05, 0) is 49.7 Å². The van der Waals surface area contributed by atoms with Crippen LogP contribution in [0.2, 0.25) is 0 Å². The van der Waals surface area contributed by atoms with E-state index in [1.807, 2.05) is 0 Å². The Morgan fingerprint density at radius 2 is 2.19 bits per heavy atom. The van der Waals surface area contributed by atoms with Crippen molar-refractivity contribution in [2.75, 3.05) is 20.2 Å². The molecule has 4 nitrogen and oxygen atoms in total. The summed E-state index contributed by atoms with van der Waals surface area (Å²) in [4.78, 5) is 19.5. The summed E-state index contributed by atoms with van der Waals surface area (Å²) in [5.41, 5.74) is 2.96. The zero-order chi connectivity index (χ0) is 19.2. The lowest BCUT2D eigenvalue weighted by molar-refractivity contribution is -0.154. The molecule has 1 saturated heterocycles. The van der Waals surface area contributed by atoms with E-state index in [4.69, 9.17) is 4.74 Å². The van der Waals surface area contributed by atoms with Crippen molar-refractivity contribution in [3.05, 3.63) is 35.5 Å². The third-order valence-electron chi connectivity index (χ3n) is 7.26. The molecule has 146 valence electrons. The first-order chi connectivity index (χ1) is 13.0. The van der Waals surface area contributed by atoms with E-state index < -0.39 is 5.41 Å². The maximum Gasteiger partial charge on any atom is 0.319 e.